The molecule has 33 heavy (non-hydrogen) atoms. The zero-order valence-corrected chi connectivity index (χ0v) is 20.0. The van der Waals surface area contributed by atoms with Crippen molar-refractivity contribution in [1.29, 1.82) is 0 Å². The van der Waals surface area contributed by atoms with E-state index >= 15 is 0 Å². The van der Waals surface area contributed by atoms with Gasteiger partial charge in [-0.15, -0.1) is 0 Å². The van der Waals surface area contributed by atoms with E-state index in [1.54, 1.807) is 13.8 Å². The molecular weight excluding hydrogens is 436 g/mol. The Bertz CT molecular complexity index is 970. The van der Waals surface area contributed by atoms with Crippen molar-refractivity contribution in [2.45, 2.75) is 58.2 Å². The van der Waals surface area contributed by atoms with Crippen LogP contribution in [0, 0.1) is 5.41 Å². The number of esters is 2. The summed E-state index contributed by atoms with van der Waals surface area (Å²) < 4.78 is 11.0. The van der Waals surface area contributed by atoms with Gasteiger partial charge in [0.25, 0.3) is 5.79 Å². The molecule has 4 nitrogen and oxygen atoms in total. The van der Waals surface area contributed by atoms with Crippen LogP contribution in [0.2, 0.25) is 5.02 Å². The average molecular weight is 467 g/mol. The molecule has 0 amide bonds. The van der Waals surface area contributed by atoms with Crippen LogP contribution >= 0.6 is 11.6 Å². The van der Waals surface area contributed by atoms with Gasteiger partial charge < -0.3 is 9.47 Å². The first-order valence-corrected chi connectivity index (χ1v) is 11.8. The standard InChI is InChI=1S/C28H31ClO4/c1-27(2)32-25(30)28(26(31)33-27,20-10-4-8-14-22-12-6-3-7-13-22)21-11-5-9-15-23-16-18-24(29)19-17-23/h3,6-9,12-19H,4-5,10-11,20-21H2,1-2H3/b14-8+,15-9+. The van der Waals surface area contributed by atoms with Crippen molar-refractivity contribution in [1.82, 2.24) is 0 Å². The molecule has 0 saturated carbocycles. The van der Waals surface area contributed by atoms with Gasteiger partial charge in [0.2, 0.25) is 0 Å². The van der Waals surface area contributed by atoms with Crippen LogP contribution in [0.4, 0.5) is 0 Å². The minimum absolute atomic E-state index is 0.397. The first kappa shape index (κ1) is 24.8. The zero-order chi connectivity index (χ0) is 23.7. The summed E-state index contributed by atoms with van der Waals surface area (Å²) in [6, 6.07) is 17.6. The second-order valence-corrected chi connectivity index (χ2v) is 9.25. The summed E-state index contributed by atoms with van der Waals surface area (Å²) >= 11 is 5.92. The van der Waals surface area contributed by atoms with E-state index in [0.29, 0.717) is 30.7 Å². The first-order valence-electron chi connectivity index (χ1n) is 11.4. The topological polar surface area (TPSA) is 52.6 Å². The Morgan fingerprint density at radius 2 is 1.24 bits per heavy atom. The maximum absolute atomic E-state index is 13.0. The van der Waals surface area contributed by atoms with Gasteiger partial charge in [-0.05, 0) is 61.8 Å². The summed E-state index contributed by atoms with van der Waals surface area (Å²) in [4.78, 5) is 25.9. The van der Waals surface area contributed by atoms with Crippen LogP contribution in [-0.2, 0) is 19.1 Å². The third-order valence-corrected chi connectivity index (χ3v) is 5.95. The van der Waals surface area contributed by atoms with Gasteiger partial charge in [0.15, 0.2) is 5.41 Å². The summed E-state index contributed by atoms with van der Waals surface area (Å²) in [5.74, 6) is -2.17. The smallest absolute Gasteiger partial charge is 0.326 e. The number of rotatable bonds is 10. The molecule has 0 spiro atoms. The quantitative estimate of drug-likeness (QED) is 0.210. The lowest BCUT2D eigenvalue weighted by Gasteiger charge is -2.40. The second kappa shape index (κ2) is 11.3. The highest BCUT2D eigenvalue weighted by Gasteiger charge is 2.55. The van der Waals surface area contributed by atoms with Gasteiger partial charge in [0.1, 0.15) is 0 Å². The minimum atomic E-state index is -1.25. The van der Waals surface area contributed by atoms with Gasteiger partial charge in [-0.25, -0.2) is 0 Å². The summed E-state index contributed by atoms with van der Waals surface area (Å²) in [5.41, 5.74) is 0.931. The van der Waals surface area contributed by atoms with Gasteiger partial charge in [-0.1, -0.05) is 78.4 Å². The van der Waals surface area contributed by atoms with Crippen molar-refractivity contribution in [3.8, 4) is 0 Å². The number of carbonyl (C=O) groups is 2. The molecule has 0 aromatic heterocycles. The molecule has 1 heterocycles. The van der Waals surface area contributed by atoms with Crippen LogP contribution in [0.25, 0.3) is 12.2 Å². The van der Waals surface area contributed by atoms with Crippen molar-refractivity contribution < 1.29 is 19.1 Å². The first-order chi connectivity index (χ1) is 15.8. The fourth-order valence-electron chi connectivity index (χ4n) is 3.90. The molecule has 0 atom stereocenters. The highest BCUT2D eigenvalue weighted by molar-refractivity contribution is 6.30. The van der Waals surface area contributed by atoms with E-state index in [4.69, 9.17) is 21.1 Å². The molecule has 3 rings (SSSR count). The Kier molecular flexibility index (Phi) is 8.51. The van der Waals surface area contributed by atoms with E-state index in [1.807, 2.05) is 66.7 Å². The predicted molar refractivity (Wildman–Crippen MR) is 132 cm³/mol. The molecule has 1 aliphatic heterocycles. The number of unbranched alkanes of at least 4 members (excludes halogenated alkanes) is 2. The van der Waals surface area contributed by atoms with Gasteiger partial charge >= 0.3 is 11.9 Å². The highest BCUT2D eigenvalue weighted by atomic mass is 35.5. The third kappa shape index (κ3) is 7.06. The van der Waals surface area contributed by atoms with Gasteiger partial charge in [-0.2, -0.15) is 0 Å². The molecule has 0 aliphatic carbocycles. The lowest BCUT2D eigenvalue weighted by molar-refractivity contribution is -0.252. The Morgan fingerprint density at radius 3 is 1.76 bits per heavy atom. The number of benzene rings is 2. The largest absolute Gasteiger partial charge is 0.422 e. The number of allylic oxidation sites excluding steroid dienone is 2. The van der Waals surface area contributed by atoms with Crippen molar-refractivity contribution >= 4 is 35.7 Å². The van der Waals surface area contributed by atoms with Crippen molar-refractivity contribution in [3.63, 3.8) is 0 Å². The number of hydrogen-bond donors (Lipinski definition) is 0. The lowest BCUT2D eigenvalue weighted by Crippen LogP contribution is -2.53. The number of hydrogen-bond acceptors (Lipinski definition) is 4. The van der Waals surface area contributed by atoms with Crippen molar-refractivity contribution in [2.24, 2.45) is 5.41 Å². The monoisotopic (exact) mass is 466 g/mol. The van der Waals surface area contributed by atoms with E-state index in [-0.39, 0.29) is 0 Å². The molecule has 0 N–H and O–H groups in total. The summed E-state index contributed by atoms with van der Waals surface area (Å²) in [5, 5.41) is 0.699. The number of cyclic esters (lactones) is 2. The minimum Gasteiger partial charge on any atom is -0.422 e. The number of halogens is 1. The molecule has 5 heteroatoms. The normalized spacial score (nSPS) is 17.3. The van der Waals surface area contributed by atoms with Crippen LogP contribution in [0.5, 0.6) is 0 Å². The van der Waals surface area contributed by atoms with E-state index in [1.165, 1.54) is 0 Å². The molecule has 1 saturated heterocycles. The van der Waals surface area contributed by atoms with Crippen LogP contribution in [0.3, 0.4) is 0 Å². The molecule has 174 valence electrons. The molecule has 1 fully saturated rings. The van der Waals surface area contributed by atoms with Crippen molar-refractivity contribution in [2.75, 3.05) is 0 Å². The Labute approximate surface area is 201 Å². The average Bonchev–Trinajstić information content (AvgIpc) is 2.77. The Hall–Kier alpha value is -2.85. The Morgan fingerprint density at radius 1 is 0.758 bits per heavy atom. The van der Waals surface area contributed by atoms with E-state index < -0.39 is 23.1 Å². The molecule has 0 radical (unpaired) electrons. The maximum atomic E-state index is 13.0. The summed E-state index contributed by atoms with van der Waals surface area (Å²) in [6.07, 6.45) is 11.8. The molecular formula is C28H31ClO4. The van der Waals surface area contributed by atoms with Crippen LogP contribution < -0.4 is 0 Å². The molecule has 2 aromatic rings. The van der Waals surface area contributed by atoms with Crippen molar-refractivity contribution in [3.05, 3.63) is 82.9 Å². The van der Waals surface area contributed by atoms with Gasteiger partial charge in [-0.3, -0.25) is 9.59 Å². The highest BCUT2D eigenvalue weighted by Crippen LogP contribution is 2.40. The third-order valence-electron chi connectivity index (χ3n) is 5.70. The van der Waals surface area contributed by atoms with Crippen LogP contribution in [0.1, 0.15) is 63.5 Å². The van der Waals surface area contributed by atoms with E-state index in [0.717, 1.165) is 24.0 Å². The summed E-state index contributed by atoms with van der Waals surface area (Å²) in [6.45, 7) is 3.17. The SMILES string of the molecule is CC1(C)OC(=O)C(CCC/C=C/c2ccccc2)(CCC/C=C/c2ccc(Cl)cc2)C(=O)O1. The van der Waals surface area contributed by atoms with E-state index in [9.17, 15) is 9.59 Å². The predicted octanol–water partition coefficient (Wildman–Crippen LogP) is 7.23. The summed E-state index contributed by atoms with van der Waals surface area (Å²) in [7, 11) is 0. The fourth-order valence-corrected chi connectivity index (χ4v) is 4.03. The van der Waals surface area contributed by atoms with Crippen LogP contribution in [0.15, 0.2) is 66.7 Å². The van der Waals surface area contributed by atoms with Gasteiger partial charge in [0.05, 0.1) is 0 Å². The second-order valence-electron chi connectivity index (χ2n) is 8.81. The molecule has 0 bridgehead atoms. The number of ether oxygens (including phenoxy) is 2. The molecule has 2 aromatic carbocycles. The van der Waals surface area contributed by atoms with Gasteiger partial charge in [0, 0.05) is 18.9 Å². The lowest BCUT2D eigenvalue weighted by atomic mass is 9.77. The zero-order valence-electron chi connectivity index (χ0n) is 19.3. The van der Waals surface area contributed by atoms with Crippen LogP contribution in [-0.4, -0.2) is 17.7 Å². The number of carbonyl (C=O) groups excluding carboxylic acids is 2. The Balaban J connectivity index is 1.59. The fraction of sp³-hybridized carbons (Fsp3) is 0.357. The maximum Gasteiger partial charge on any atom is 0.326 e. The van der Waals surface area contributed by atoms with E-state index in [2.05, 4.69) is 12.2 Å². The molecule has 0 unspecified atom stereocenters. The molecule has 1 aliphatic rings.